The number of benzene rings is 3. The van der Waals surface area contributed by atoms with E-state index in [9.17, 15) is 38.4 Å². The number of hydrogen-bond acceptors (Lipinski definition) is 27. The van der Waals surface area contributed by atoms with Crippen molar-refractivity contribution in [2.45, 2.75) is 205 Å². The van der Waals surface area contributed by atoms with Gasteiger partial charge < -0.3 is 85.8 Å². The summed E-state index contributed by atoms with van der Waals surface area (Å²) in [6.07, 6.45) is -24.9. The number of ether oxygens (including phenoxy) is 14. The highest BCUT2D eigenvalue weighted by Crippen LogP contribution is 2.56. The molecule has 4 saturated heterocycles. The molecule has 3 aromatic carbocycles. The third kappa shape index (κ3) is 20.3. The predicted octanol–water partition coefficient (Wildman–Crippen LogP) is 7.46. The Morgan fingerprint density at radius 2 is 1.20 bits per heavy atom. The highest BCUT2D eigenvalue weighted by atomic mass is 35.6. The van der Waals surface area contributed by atoms with Crippen molar-refractivity contribution in [3.63, 3.8) is 0 Å². The van der Waals surface area contributed by atoms with Gasteiger partial charge in [-0.15, -0.1) is 0 Å². The van der Waals surface area contributed by atoms with Gasteiger partial charge in [0, 0.05) is 56.5 Å². The highest BCUT2D eigenvalue weighted by molar-refractivity contribution is 7.99. The molecule has 7 rings (SSSR count). The molecule has 0 radical (unpaired) electrons. The number of nitrogens with one attached hydrogen (secondary N) is 2. The fraction of sp³-hybridized carbons (Fsp3) is 0.569. The molecule has 0 spiro atoms. The number of esters is 8. The SMILES string of the molecule is COC(=O)[C@@]1(O[C@H]2[C@@H](OC(=O)c3ccccc3)[C@@H](COC(C)=O)O[C@@H](O[C@@H]3[C@@H](NC(=O)OCC(Cl)(Cl)Cl)[C@H](Sc4ccccc4)O[C@@H]4CO[Si](C(C)(C)C)(C(C)(C)C)O[C@H]34)[C@@H]2OC(=O)c2ccccc2)C[C@H](OC(C)=O)[C@@H](NC(C)=O)[C@H]([C@H](OC(C)=O)[C@@H](COC(C)=O)OC(C)=O)O1. The lowest BCUT2D eigenvalue weighted by Crippen LogP contribution is -2.74. The van der Waals surface area contributed by atoms with Crippen LogP contribution in [0.5, 0.6) is 0 Å². The van der Waals surface area contributed by atoms with Crippen molar-refractivity contribution in [3.05, 3.63) is 102 Å². The van der Waals surface area contributed by atoms with Crippen molar-refractivity contribution < 1.29 is 123 Å². The molecular formula is C65H81Cl3N2O26SSi. The summed E-state index contributed by atoms with van der Waals surface area (Å²) in [5.41, 5.74) is -1.43. The minimum absolute atomic E-state index is 0.0975. The molecule has 98 heavy (non-hydrogen) atoms. The van der Waals surface area contributed by atoms with Crippen LogP contribution in [0.1, 0.15) is 110 Å². The lowest BCUT2D eigenvalue weighted by Gasteiger charge is -2.58. The molecular weight excluding hydrogens is 1390 g/mol. The van der Waals surface area contributed by atoms with Gasteiger partial charge in [0.05, 0.1) is 43.3 Å². The van der Waals surface area contributed by atoms with E-state index in [2.05, 4.69) is 10.6 Å². The third-order valence-electron chi connectivity index (χ3n) is 15.7. The van der Waals surface area contributed by atoms with Gasteiger partial charge >= 0.3 is 62.4 Å². The molecule has 2 N–H and O–H groups in total. The predicted molar refractivity (Wildman–Crippen MR) is 347 cm³/mol. The van der Waals surface area contributed by atoms with E-state index >= 15 is 9.59 Å². The second kappa shape index (κ2) is 33.7. The Morgan fingerprint density at radius 1 is 0.643 bits per heavy atom. The lowest BCUT2D eigenvalue weighted by molar-refractivity contribution is -0.377. The highest BCUT2D eigenvalue weighted by Gasteiger charge is 2.68. The number of halogens is 3. The summed E-state index contributed by atoms with van der Waals surface area (Å²) >= 11 is 19.5. The van der Waals surface area contributed by atoms with Gasteiger partial charge in [0.2, 0.25) is 9.70 Å². The Labute approximate surface area is 586 Å². The van der Waals surface area contributed by atoms with E-state index < -0.39 is 205 Å². The number of fused-ring (bicyclic) bond motifs is 1. The third-order valence-corrected chi connectivity index (χ3v) is 22.3. The van der Waals surface area contributed by atoms with Crippen molar-refractivity contribution in [2.75, 3.05) is 33.5 Å². The van der Waals surface area contributed by atoms with Gasteiger partial charge in [0.25, 0.3) is 5.79 Å². The quantitative estimate of drug-likeness (QED) is 0.0402. The van der Waals surface area contributed by atoms with Gasteiger partial charge in [-0.2, -0.15) is 0 Å². The van der Waals surface area contributed by atoms with Crippen molar-refractivity contribution in [1.82, 2.24) is 10.6 Å². The van der Waals surface area contributed by atoms with Crippen LogP contribution in [0.4, 0.5) is 4.79 Å². The van der Waals surface area contributed by atoms with Crippen LogP contribution in [-0.2, 0) is 109 Å². The summed E-state index contributed by atoms with van der Waals surface area (Å²) in [4.78, 5) is 139. The Morgan fingerprint density at radius 3 is 1.71 bits per heavy atom. The van der Waals surface area contributed by atoms with Gasteiger partial charge in [-0.1, -0.05) is 143 Å². The van der Waals surface area contributed by atoms with E-state index in [1.807, 2.05) is 41.5 Å². The molecule has 0 unspecified atom stereocenters. The van der Waals surface area contributed by atoms with Crippen molar-refractivity contribution in [3.8, 4) is 0 Å². The van der Waals surface area contributed by atoms with Crippen molar-refractivity contribution in [1.29, 1.82) is 0 Å². The number of alkyl carbamates (subject to hydrolysis) is 1. The maximum atomic E-state index is 15.5. The zero-order valence-electron chi connectivity index (χ0n) is 56.0. The molecule has 0 aliphatic carbocycles. The summed E-state index contributed by atoms with van der Waals surface area (Å²) in [5.74, 6) is -12.8. The maximum absolute atomic E-state index is 15.5. The summed E-state index contributed by atoms with van der Waals surface area (Å²) in [6.45, 7) is 15.0. The number of methoxy groups -OCH3 is 1. The number of rotatable bonds is 23. The van der Waals surface area contributed by atoms with Crippen molar-refractivity contribution in [2.24, 2.45) is 0 Å². The first-order chi connectivity index (χ1) is 45.9. The van der Waals surface area contributed by atoms with Crippen LogP contribution in [0.3, 0.4) is 0 Å². The smallest absolute Gasteiger partial charge is 0.407 e. The molecule has 33 heteroatoms. The molecule has 4 heterocycles. The van der Waals surface area contributed by atoms with E-state index in [1.165, 1.54) is 48.5 Å². The minimum Gasteiger partial charge on any atom is -0.465 e. The van der Waals surface area contributed by atoms with Gasteiger partial charge in [-0.3, -0.25) is 28.8 Å². The number of carbonyl (C=O) groups is 10. The lowest BCUT2D eigenvalue weighted by atomic mass is 9.87. The van der Waals surface area contributed by atoms with Crippen LogP contribution >= 0.6 is 46.6 Å². The second-order valence-corrected chi connectivity index (χ2v) is 33.7. The standard InChI is InChI=1S/C65H81Cl3N2O26SSi/c1-34(71)69-47-43(86-37(4)74)29-64(60(79)81-13,94-53(47)49(88-39(6)76)44(87-38(5)75)30-82-35(2)72)95-54-50(91-56(77)40-23-17-14-18-24-40)45(31-83-36(3)73)89-58(55(54)92-57(78)41-25-19-15-20-26-41)93-52-48(70-61(80)84-33-65(66,67)68)59(97-42-27-21-16-22-28-42)90-46-32-85-98(62(7,8)9,63(10,11)12)96-51(46)52/h14-28,43-55,58-59H,29-33H2,1-13H3,(H,69,71)(H,70,80)/t43-,44+,45+,46+,47+,48+,49+,50-,51-,52+,53+,54-,55+,58-,59-,64-/m0/s1. The summed E-state index contributed by atoms with van der Waals surface area (Å²) in [6, 6.07) is 20.4. The maximum Gasteiger partial charge on any atom is 0.407 e. The fourth-order valence-corrected chi connectivity index (χ4v) is 18.3. The Hall–Kier alpha value is -6.68. The largest absolute Gasteiger partial charge is 0.465 e. The summed E-state index contributed by atoms with van der Waals surface area (Å²) in [7, 11) is -2.81. The number of amides is 2. The number of thioether (sulfide) groups is 1. The van der Waals surface area contributed by atoms with Crippen LogP contribution in [0, 0.1) is 0 Å². The van der Waals surface area contributed by atoms with Gasteiger partial charge in [0.15, 0.2) is 30.7 Å². The minimum atomic E-state index is -3.70. The van der Waals surface area contributed by atoms with Gasteiger partial charge in [-0.25, -0.2) is 19.2 Å². The summed E-state index contributed by atoms with van der Waals surface area (Å²) < 4.78 is 99.7. The first-order valence-electron chi connectivity index (χ1n) is 31.0. The van der Waals surface area contributed by atoms with E-state index in [-0.39, 0.29) is 17.7 Å². The molecule has 4 aliphatic heterocycles. The van der Waals surface area contributed by atoms with Gasteiger partial charge in [-0.05, 0) is 36.4 Å². The number of carbonyl (C=O) groups excluding carboxylic acids is 10. The van der Waals surface area contributed by atoms with Crippen LogP contribution in [0.25, 0.3) is 0 Å². The van der Waals surface area contributed by atoms with Gasteiger partial charge in [0.1, 0.15) is 68.0 Å². The Balaban J connectivity index is 1.56. The Bertz CT molecular complexity index is 3290. The molecule has 0 bridgehead atoms. The van der Waals surface area contributed by atoms with Crippen LogP contribution in [0.15, 0.2) is 95.9 Å². The second-order valence-electron chi connectivity index (χ2n) is 25.3. The zero-order chi connectivity index (χ0) is 72.2. The fourth-order valence-electron chi connectivity index (χ4n) is 12.0. The average molecular weight is 1470 g/mol. The normalized spacial score (nSPS) is 27.5. The number of alkyl halides is 3. The first kappa shape index (κ1) is 78.7. The van der Waals surface area contributed by atoms with Crippen LogP contribution in [0.2, 0.25) is 10.1 Å². The molecule has 28 nitrogen and oxygen atoms in total. The molecule has 4 fully saturated rings. The van der Waals surface area contributed by atoms with E-state index in [0.717, 1.165) is 60.4 Å². The Kier molecular flexibility index (Phi) is 27.0. The van der Waals surface area contributed by atoms with E-state index in [0.29, 0.717) is 4.90 Å². The molecule has 2 amide bonds. The average Bonchev–Trinajstić information content (AvgIpc) is 0.739. The molecule has 0 aromatic heterocycles. The molecule has 4 aliphatic rings. The first-order valence-corrected chi connectivity index (χ1v) is 34.8. The van der Waals surface area contributed by atoms with E-state index in [4.69, 9.17) is 110 Å². The molecule has 16 atom stereocenters. The summed E-state index contributed by atoms with van der Waals surface area (Å²) in [5, 5.41) is 3.93. The monoisotopic (exact) mass is 1470 g/mol. The van der Waals surface area contributed by atoms with E-state index in [1.54, 1.807) is 42.5 Å². The molecule has 0 saturated carbocycles. The number of hydrogen-bond donors (Lipinski definition) is 2. The van der Waals surface area contributed by atoms with Crippen molar-refractivity contribution >= 4 is 115 Å². The molecule has 538 valence electrons. The topological polar surface area (TPSA) is 342 Å². The van der Waals surface area contributed by atoms with Crippen LogP contribution < -0.4 is 10.6 Å². The zero-order valence-corrected chi connectivity index (χ0v) is 60.1. The van der Waals surface area contributed by atoms with Crippen LogP contribution in [-0.4, -0.2) is 202 Å². The molecule has 3 aromatic rings.